The van der Waals surface area contributed by atoms with Crippen LogP contribution in [-0.2, 0) is 5.60 Å². The predicted molar refractivity (Wildman–Crippen MR) is 72.1 cm³/mol. The largest absolute Gasteiger partial charge is 0.386 e. The van der Waals surface area contributed by atoms with Crippen LogP contribution in [0.25, 0.3) is 11.1 Å². The molecule has 88 valence electrons. The molecule has 0 saturated heterocycles. The van der Waals surface area contributed by atoms with Crippen molar-refractivity contribution >= 4 is 11.6 Å². The average Bonchev–Trinajstić information content (AvgIpc) is 2.29. The molecule has 1 N–H and O–H groups in total. The van der Waals surface area contributed by atoms with Crippen molar-refractivity contribution in [2.24, 2.45) is 0 Å². The van der Waals surface area contributed by atoms with Gasteiger partial charge in [0.2, 0.25) is 0 Å². The van der Waals surface area contributed by atoms with Gasteiger partial charge >= 0.3 is 0 Å². The van der Waals surface area contributed by atoms with Crippen molar-refractivity contribution < 1.29 is 5.11 Å². The number of aliphatic hydroxyl groups is 1. The topological polar surface area (TPSA) is 20.2 Å². The van der Waals surface area contributed by atoms with Crippen LogP contribution in [0.5, 0.6) is 0 Å². The van der Waals surface area contributed by atoms with Gasteiger partial charge in [0.25, 0.3) is 0 Å². The Kier molecular flexibility index (Phi) is 3.23. The quantitative estimate of drug-likeness (QED) is 0.841. The molecule has 2 heteroatoms. The lowest BCUT2D eigenvalue weighted by Gasteiger charge is -2.18. The summed E-state index contributed by atoms with van der Waals surface area (Å²) in [4.78, 5) is 0. The molecule has 0 amide bonds. The first-order valence-corrected chi connectivity index (χ1v) is 5.93. The van der Waals surface area contributed by atoms with E-state index in [9.17, 15) is 5.11 Å². The van der Waals surface area contributed by atoms with Gasteiger partial charge in [-0.1, -0.05) is 41.9 Å². The molecule has 0 aliphatic rings. The molecule has 0 saturated carbocycles. The second-order valence-electron chi connectivity index (χ2n) is 4.65. The smallest absolute Gasteiger partial charge is 0.0840 e. The van der Waals surface area contributed by atoms with Crippen LogP contribution < -0.4 is 0 Å². The third kappa shape index (κ3) is 2.87. The number of rotatable bonds is 2. The average molecular weight is 247 g/mol. The highest BCUT2D eigenvalue weighted by atomic mass is 35.5. The van der Waals surface area contributed by atoms with Crippen LogP contribution in [0.15, 0.2) is 48.5 Å². The van der Waals surface area contributed by atoms with E-state index in [0.29, 0.717) is 0 Å². The Hall–Kier alpha value is -1.31. The Labute approximate surface area is 107 Å². The highest BCUT2D eigenvalue weighted by Crippen LogP contribution is 2.26. The fourth-order valence-electron chi connectivity index (χ4n) is 1.72. The Morgan fingerprint density at radius 3 is 2.18 bits per heavy atom. The zero-order valence-corrected chi connectivity index (χ0v) is 10.7. The lowest BCUT2D eigenvalue weighted by Crippen LogP contribution is -2.15. The third-order valence-electron chi connectivity index (χ3n) is 2.75. The van der Waals surface area contributed by atoms with Crippen molar-refractivity contribution in [1.82, 2.24) is 0 Å². The second kappa shape index (κ2) is 4.52. The van der Waals surface area contributed by atoms with Crippen molar-refractivity contribution in [3.63, 3.8) is 0 Å². The van der Waals surface area contributed by atoms with Crippen LogP contribution in [0.4, 0.5) is 0 Å². The van der Waals surface area contributed by atoms with E-state index < -0.39 is 5.60 Å². The summed E-state index contributed by atoms with van der Waals surface area (Å²) < 4.78 is 0. The molecule has 0 aliphatic heterocycles. The first-order chi connectivity index (χ1) is 7.97. The summed E-state index contributed by atoms with van der Waals surface area (Å²) >= 11 is 5.86. The van der Waals surface area contributed by atoms with E-state index in [2.05, 4.69) is 0 Å². The first kappa shape index (κ1) is 12.2. The second-order valence-corrected chi connectivity index (χ2v) is 5.08. The van der Waals surface area contributed by atoms with Crippen molar-refractivity contribution in [2.45, 2.75) is 19.4 Å². The molecule has 0 unspecified atom stereocenters. The summed E-state index contributed by atoms with van der Waals surface area (Å²) in [6.45, 7) is 3.57. The minimum atomic E-state index is -0.817. The van der Waals surface area contributed by atoms with Crippen molar-refractivity contribution in [3.05, 3.63) is 59.1 Å². The molecule has 2 aromatic rings. The van der Waals surface area contributed by atoms with Crippen molar-refractivity contribution in [1.29, 1.82) is 0 Å². The van der Waals surface area contributed by atoms with Gasteiger partial charge in [-0.2, -0.15) is 0 Å². The first-order valence-electron chi connectivity index (χ1n) is 5.56. The van der Waals surface area contributed by atoms with Crippen molar-refractivity contribution in [2.75, 3.05) is 0 Å². The highest BCUT2D eigenvalue weighted by Gasteiger charge is 2.15. The minimum absolute atomic E-state index is 0.729. The molecular formula is C15H15ClO. The van der Waals surface area contributed by atoms with E-state index >= 15 is 0 Å². The maximum Gasteiger partial charge on any atom is 0.0840 e. The lowest BCUT2D eigenvalue weighted by molar-refractivity contribution is 0.0786. The van der Waals surface area contributed by atoms with Gasteiger partial charge in [-0.3, -0.25) is 0 Å². The molecule has 2 aromatic carbocycles. The van der Waals surface area contributed by atoms with Gasteiger partial charge in [-0.15, -0.1) is 0 Å². The Morgan fingerprint density at radius 1 is 0.941 bits per heavy atom. The van der Waals surface area contributed by atoms with Crippen LogP contribution >= 0.6 is 11.6 Å². The standard InChI is InChI=1S/C15H15ClO/c1-15(2,17)13-5-3-4-12(10-13)11-6-8-14(16)9-7-11/h3-10,17H,1-2H3. The van der Waals surface area contributed by atoms with E-state index in [1.807, 2.05) is 48.5 Å². The summed E-state index contributed by atoms with van der Waals surface area (Å²) in [6.07, 6.45) is 0. The fourth-order valence-corrected chi connectivity index (χ4v) is 1.85. The zero-order chi connectivity index (χ0) is 12.5. The number of hydrogen-bond donors (Lipinski definition) is 1. The van der Waals surface area contributed by atoms with E-state index in [1.165, 1.54) is 0 Å². The monoisotopic (exact) mass is 246 g/mol. The molecule has 1 nitrogen and oxygen atoms in total. The summed E-state index contributed by atoms with van der Waals surface area (Å²) in [5.74, 6) is 0. The predicted octanol–water partition coefficient (Wildman–Crippen LogP) is 4.23. The molecule has 17 heavy (non-hydrogen) atoms. The van der Waals surface area contributed by atoms with Gasteiger partial charge in [0, 0.05) is 5.02 Å². The van der Waals surface area contributed by atoms with Crippen LogP contribution in [0, 0.1) is 0 Å². The van der Waals surface area contributed by atoms with E-state index in [0.717, 1.165) is 21.7 Å². The Morgan fingerprint density at radius 2 is 1.59 bits per heavy atom. The Bertz CT molecular complexity index is 509. The zero-order valence-electron chi connectivity index (χ0n) is 9.94. The lowest BCUT2D eigenvalue weighted by atomic mass is 9.94. The number of halogens is 1. The van der Waals surface area contributed by atoms with Crippen molar-refractivity contribution in [3.8, 4) is 11.1 Å². The fraction of sp³-hybridized carbons (Fsp3) is 0.200. The molecule has 0 spiro atoms. The molecule has 2 rings (SSSR count). The summed E-state index contributed by atoms with van der Waals surface area (Å²) in [5.41, 5.74) is 2.27. The van der Waals surface area contributed by atoms with Gasteiger partial charge in [0.05, 0.1) is 5.60 Å². The van der Waals surface area contributed by atoms with Crippen LogP contribution in [0.2, 0.25) is 5.02 Å². The van der Waals surface area contributed by atoms with Crippen LogP contribution in [-0.4, -0.2) is 5.11 Å². The third-order valence-corrected chi connectivity index (χ3v) is 3.00. The molecule has 0 fully saturated rings. The molecule has 0 aliphatic carbocycles. The van der Waals surface area contributed by atoms with Crippen LogP contribution in [0.1, 0.15) is 19.4 Å². The van der Waals surface area contributed by atoms with Gasteiger partial charge in [-0.05, 0) is 48.7 Å². The molecule has 0 aromatic heterocycles. The van der Waals surface area contributed by atoms with Crippen LogP contribution in [0.3, 0.4) is 0 Å². The number of benzene rings is 2. The maximum absolute atomic E-state index is 9.98. The molecule has 0 bridgehead atoms. The molecular weight excluding hydrogens is 232 g/mol. The maximum atomic E-state index is 9.98. The van der Waals surface area contributed by atoms with Gasteiger partial charge in [-0.25, -0.2) is 0 Å². The van der Waals surface area contributed by atoms with Gasteiger partial charge < -0.3 is 5.11 Å². The van der Waals surface area contributed by atoms with Gasteiger partial charge in [0.1, 0.15) is 0 Å². The Balaban J connectivity index is 2.43. The SMILES string of the molecule is CC(C)(O)c1cccc(-c2ccc(Cl)cc2)c1. The normalized spacial score (nSPS) is 11.5. The summed E-state index contributed by atoms with van der Waals surface area (Å²) in [7, 11) is 0. The molecule has 0 atom stereocenters. The van der Waals surface area contributed by atoms with E-state index in [1.54, 1.807) is 13.8 Å². The molecule has 0 radical (unpaired) electrons. The highest BCUT2D eigenvalue weighted by molar-refractivity contribution is 6.30. The minimum Gasteiger partial charge on any atom is -0.386 e. The summed E-state index contributed by atoms with van der Waals surface area (Å²) in [5, 5.41) is 10.7. The summed E-state index contributed by atoms with van der Waals surface area (Å²) in [6, 6.07) is 15.6. The van der Waals surface area contributed by atoms with E-state index in [-0.39, 0.29) is 0 Å². The van der Waals surface area contributed by atoms with E-state index in [4.69, 9.17) is 11.6 Å². The number of hydrogen-bond acceptors (Lipinski definition) is 1. The van der Waals surface area contributed by atoms with Gasteiger partial charge in [0.15, 0.2) is 0 Å². The molecule has 0 heterocycles.